The van der Waals surface area contributed by atoms with Crippen LogP contribution >= 0.6 is 23.2 Å². The molecule has 5 rings (SSSR count). The average molecular weight is 617 g/mol. The molecule has 3 aliphatic rings. The second kappa shape index (κ2) is 14.8. The van der Waals surface area contributed by atoms with Gasteiger partial charge in [-0.1, -0.05) is 29.3 Å². The molecule has 0 spiro atoms. The van der Waals surface area contributed by atoms with Crippen molar-refractivity contribution in [1.82, 2.24) is 25.0 Å². The lowest BCUT2D eigenvalue weighted by Gasteiger charge is -2.35. The Morgan fingerprint density at radius 1 is 0.976 bits per heavy atom. The number of carbonyl (C=O) groups excluding carboxylic acids is 2. The summed E-state index contributed by atoms with van der Waals surface area (Å²) in [6, 6.07) is 8.68. The van der Waals surface area contributed by atoms with Crippen LogP contribution in [0.3, 0.4) is 0 Å². The maximum Gasteiger partial charge on any atom is 0.318 e. The van der Waals surface area contributed by atoms with Crippen molar-refractivity contribution in [3.05, 3.63) is 57.8 Å². The van der Waals surface area contributed by atoms with Gasteiger partial charge in [-0.15, -0.1) is 0 Å². The van der Waals surface area contributed by atoms with Crippen molar-refractivity contribution in [3.63, 3.8) is 0 Å². The molecule has 0 radical (unpaired) electrons. The average Bonchev–Trinajstić information content (AvgIpc) is 3.56. The molecule has 1 aromatic carbocycles. The highest BCUT2D eigenvalue weighted by Gasteiger charge is 2.33. The number of hydrogen-bond acceptors (Lipinski definition) is 5. The summed E-state index contributed by atoms with van der Waals surface area (Å²) in [6.45, 7) is 7.75. The molecule has 0 saturated carbocycles. The number of carbonyl (C=O) groups is 2. The Balaban J connectivity index is 1.23. The molecule has 0 aliphatic carbocycles. The number of amides is 3. The third-order valence-electron chi connectivity index (χ3n) is 8.92. The van der Waals surface area contributed by atoms with Crippen molar-refractivity contribution in [2.45, 2.75) is 76.3 Å². The molecule has 1 aromatic heterocycles. The molecule has 3 saturated heterocycles. The van der Waals surface area contributed by atoms with Crippen LogP contribution in [0, 0.1) is 0 Å². The van der Waals surface area contributed by atoms with Crippen molar-refractivity contribution >= 4 is 35.1 Å². The van der Waals surface area contributed by atoms with E-state index in [1.54, 1.807) is 12.1 Å². The number of rotatable bonds is 9. The Labute approximate surface area is 259 Å². The van der Waals surface area contributed by atoms with Gasteiger partial charge in [0.1, 0.15) is 18.4 Å². The van der Waals surface area contributed by atoms with Crippen LogP contribution < -0.4 is 10.1 Å². The number of nitrogens with zero attached hydrogens (tertiary/aromatic N) is 4. The van der Waals surface area contributed by atoms with Crippen LogP contribution in [-0.2, 0) is 11.2 Å². The Morgan fingerprint density at radius 3 is 2.40 bits per heavy atom. The summed E-state index contributed by atoms with van der Waals surface area (Å²) >= 11 is 12.6. The zero-order chi connectivity index (χ0) is 29.5. The molecule has 2 atom stereocenters. The highest BCUT2D eigenvalue weighted by molar-refractivity contribution is 6.35. The number of likely N-dealkylation sites (tertiary alicyclic amines) is 3. The summed E-state index contributed by atoms with van der Waals surface area (Å²) < 4.78 is 6.31. The lowest BCUT2D eigenvalue weighted by molar-refractivity contribution is -0.134. The van der Waals surface area contributed by atoms with Crippen molar-refractivity contribution < 1.29 is 14.3 Å². The van der Waals surface area contributed by atoms with Crippen LogP contribution in [0.1, 0.15) is 69.0 Å². The van der Waals surface area contributed by atoms with E-state index in [1.807, 2.05) is 34.2 Å². The summed E-state index contributed by atoms with van der Waals surface area (Å²) in [6.07, 6.45) is 9.32. The first-order chi connectivity index (χ1) is 20.4. The van der Waals surface area contributed by atoms with Gasteiger partial charge < -0.3 is 19.9 Å². The van der Waals surface area contributed by atoms with Gasteiger partial charge in [0.25, 0.3) is 0 Å². The largest absolute Gasteiger partial charge is 0.490 e. The van der Waals surface area contributed by atoms with Crippen molar-refractivity contribution in [1.29, 1.82) is 0 Å². The molecular weight excluding hydrogens is 573 g/mol. The van der Waals surface area contributed by atoms with Gasteiger partial charge in [0, 0.05) is 60.8 Å². The van der Waals surface area contributed by atoms with Crippen LogP contribution in [0.25, 0.3) is 0 Å². The highest BCUT2D eigenvalue weighted by atomic mass is 35.5. The molecule has 0 bridgehead atoms. The molecule has 228 valence electrons. The van der Waals surface area contributed by atoms with Gasteiger partial charge in [0.2, 0.25) is 5.91 Å². The first-order valence-corrected chi connectivity index (χ1v) is 16.2. The van der Waals surface area contributed by atoms with Gasteiger partial charge in [-0.05, 0) is 94.8 Å². The summed E-state index contributed by atoms with van der Waals surface area (Å²) in [7, 11) is 0. The zero-order valence-corrected chi connectivity index (χ0v) is 26.1. The second-order valence-corrected chi connectivity index (χ2v) is 12.7. The van der Waals surface area contributed by atoms with E-state index in [0.717, 1.165) is 62.2 Å². The van der Waals surface area contributed by atoms with E-state index < -0.39 is 6.04 Å². The number of halogens is 2. The second-order valence-electron chi connectivity index (χ2n) is 11.9. The molecule has 2 aromatic rings. The van der Waals surface area contributed by atoms with Crippen molar-refractivity contribution in [3.8, 4) is 5.75 Å². The van der Waals surface area contributed by atoms with Crippen LogP contribution in [0.4, 0.5) is 4.79 Å². The van der Waals surface area contributed by atoms with Gasteiger partial charge >= 0.3 is 6.03 Å². The standard InChI is InChI=1S/C32H43Cl2N5O3/c1-23(37-14-5-6-15-37)22-42-29-8-7-13-35-30(29)24-11-18-38(19-12-24)31(40)28(20-25-9-10-26(33)21-27(25)34)36-32(41)39-16-3-2-4-17-39/h7-10,13,21,23-24,28H,2-6,11-12,14-20,22H2,1H3,(H,36,41)/t23-,28-/m1/s1. The van der Waals surface area contributed by atoms with Gasteiger partial charge in [0.15, 0.2) is 0 Å². The Hall–Kier alpha value is -2.55. The number of pyridine rings is 1. The van der Waals surface area contributed by atoms with E-state index in [2.05, 4.69) is 17.1 Å². The predicted molar refractivity (Wildman–Crippen MR) is 166 cm³/mol. The van der Waals surface area contributed by atoms with E-state index in [-0.39, 0.29) is 17.9 Å². The Morgan fingerprint density at radius 2 is 1.69 bits per heavy atom. The number of piperidine rings is 2. The minimum absolute atomic E-state index is 0.0817. The van der Waals surface area contributed by atoms with Gasteiger partial charge in [-0.2, -0.15) is 0 Å². The van der Waals surface area contributed by atoms with E-state index in [9.17, 15) is 9.59 Å². The molecule has 0 unspecified atom stereocenters. The summed E-state index contributed by atoms with van der Waals surface area (Å²) in [5.41, 5.74) is 1.76. The predicted octanol–water partition coefficient (Wildman–Crippen LogP) is 5.76. The molecule has 3 aliphatic heterocycles. The Bertz CT molecular complexity index is 1210. The molecule has 10 heteroatoms. The zero-order valence-electron chi connectivity index (χ0n) is 24.6. The Kier molecular flexibility index (Phi) is 10.9. The van der Waals surface area contributed by atoms with Crippen LogP contribution in [0.15, 0.2) is 36.5 Å². The van der Waals surface area contributed by atoms with Crippen molar-refractivity contribution in [2.75, 3.05) is 45.9 Å². The maximum absolute atomic E-state index is 13.9. The smallest absolute Gasteiger partial charge is 0.318 e. The quantitative estimate of drug-likeness (QED) is 0.388. The lowest BCUT2D eigenvalue weighted by Crippen LogP contribution is -2.55. The maximum atomic E-state index is 13.9. The lowest BCUT2D eigenvalue weighted by atomic mass is 9.91. The minimum Gasteiger partial charge on any atom is -0.490 e. The molecule has 4 heterocycles. The first kappa shape index (κ1) is 30.9. The van der Waals surface area contributed by atoms with Gasteiger partial charge in [-0.3, -0.25) is 14.7 Å². The molecule has 3 fully saturated rings. The molecule has 3 amide bonds. The number of benzene rings is 1. The molecule has 1 N–H and O–H groups in total. The number of aromatic nitrogens is 1. The van der Waals surface area contributed by atoms with Gasteiger partial charge in [-0.25, -0.2) is 4.79 Å². The fourth-order valence-corrected chi connectivity index (χ4v) is 6.85. The molecule has 42 heavy (non-hydrogen) atoms. The van der Waals surface area contributed by atoms with E-state index in [4.69, 9.17) is 32.9 Å². The van der Waals surface area contributed by atoms with Crippen LogP contribution in [0.5, 0.6) is 5.75 Å². The number of ether oxygens (including phenoxy) is 1. The summed E-state index contributed by atoms with van der Waals surface area (Å²) in [5.74, 6) is 0.971. The third-order valence-corrected chi connectivity index (χ3v) is 9.50. The van der Waals surface area contributed by atoms with E-state index in [0.29, 0.717) is 55.3 Å². The first-order valence-electron chi connectivity index (χ1n) is 15.5. The number of hydrogen-bond donors (Lipinski definition) is 1. The fraction of sp³-hybridized carbons (Fsp3) is 0.594. The summed E-state index contributed by atoms with van der Waals surface area (Å²) in [4.78, 5) is 37.9. The van der Waals surface area contributed by atoms with E-state index >= 15 is 0 Å². The number of nitrogens with one attached hydrogen (secondary N) is 1. The number of urea groups is 1. The van der Waals surface area contributed by atoms with Crippen LogP contribution in [-0.4, -0.2) is 89.6 Å². The minimum atomic E-state index is -0.713. The van der Waals surface area contributed by atoms with Crippen molar-refractivity contribution in [2.24, 2.45) is 0 Å². The monoisotopic (exact) mass is 615 g/mol. The van der Waals surface area contributed by atoms with Gasteiger partial charge in [0.05, 0.1) is 5.69 Å². The highest BCUT2D eigenvalue weighted by Crippen LogP contribution is 2.33. The molecular formula is C32H43Cl2N5O3. The SMILES string of the molecule is C[C@H](COc1cccnc1C1CCN(C(=O)[C@@H](Cc2ccc(Cl)cc2Cl)NC(=O)N2CCCCC2)CC1)N1CCCC1. The summed E-state index contributed by atoms with van der Waals surface area (Å²) in [5, 5.41) is 4.07. The molecule has 8 nitrogen and oxygen atoms in total. The topological polar surface area (TPSA) is 78.0 Å². The van der Waals surface area contributed by atoms with E-state index in [1.165, 1.54) is 12.8 Å². The normalized spacial score (nSPS) is 19.9. The van der Waals surface area contributed by atoms with Crippen LogP contribution in [0.2, 0.25) is 10.0 Å². The third kappa shape index (κ3) is 7.88. The fourth-order valence-electron chi connectivity index (χ4n) is 6.37.